The van der Waals surface area contributed by atoms with Gasteiger partial charge in [0.15, 0.2) is 5.82 Å². The second-order valence-electron chi connectivity index (χ2n) is 7.74. The predicted octanol–water partition coefficient (Wildman–Crippen LogP) is 5.49. The van der Waals surface area contributed by atoms with Crippen LogP contribution in [0.2, 0.25) is 0 Å². The Bertz CT molecular complexity index is 910. The third-order valence-electron chi connectivity index (χ3n) is 5.88. The molecule has 27 heavy (non-hydrogen) atoms. The number of nitrogens with zero attached hydrogens (tertiary/aromatic N) is 2. The first-order chi connectivity index (χ1) is 13.3. The summed E-state index contributed by atoms with van der Waals surface area (Å²) in [5.74, 6) is 4.20. The van der Waals surface area contributed by atoms with Crippen LogP contribution in [0.15, 0.2) is 66.7 Å². The summed E-state index contributed by atoms with van der Waals surface area (Å²) < 4.78 is 0. The first-order valence-electron chi connectivity index (χ1n) is 9.86. The quantitative estimate of drug-likeness (QED) is 0.635. The topological polar surface area (TPSA) is 49.8 Å². The van der Waals surface area contributed by atoms with E-state index in [2.05, 4.69) is 22.8 Å². The number of aromatic nitrogens is 2. The largest absolute Gasteiger partial charge is 0.367 e. The molecule has 1 aromatic heterocycles. The highest BCUT2D eigenvalue weighted by atomic mass is 15.1. The van der Waals surface area contributed by atoms with Gasteiger partial charge in [-0.3, -0.25) is 0 Å². The number of para-hydroxylation sites is 1. The lowest BCUT2D eigenvalue weighted by molar-refractivity contribution is 0.439. The highest BCUT2D eigenvalue weighted by molar-refractivity contribution is 5.65. The van der Waals surface area contributed by atoms with Crippen molar-refractivity contribution in [2.45, 2.75) is 31.7 Å². The maximum Gasteiger partial charge on any atom is 0.163 e. The number of benzene rings is 2. The van der Waals surface area contributed by atoms with Gasteiger partial charge in [-0.05, 0) is 43.2 Å². The van der Waals surface area contributed by atoms with Crippen molar-refractivity contribution in [1.82, 2.24) is 9.97 Å². The zero-order valence-electron chi connectivity index (χ0n) is 15.3. The first kappa shape index (κ1) is 16.3. The van der Waals surface area contributed by atoms with Gasteiger partial charge in [-0.25, -0.2) is 9.97 Å². The van der Waals surface area contributed by atoms with Gasteiger partial charge in [0.05, 0.1) is 0 Å². The summed E-state index contributed by atoms with van der Waals surface area (Å²) in [5, 5.41) is 7.14. The van der Waals surface area contributed by atoms with Gasteiger partial charge in [0.2, 0.25) is 0 Å². The van der Waals surface area contributed by atoms with Crippen molar-refractivity contribution in [2.75, 3.05) is 10.6 Å². The SMILES string of the molecule is c1ccc(Nc2cc(NC3CC4CCC3C4)nc(-c3ccccc3)n2)cc1. The Morgan fingerprint density at radius 3 is 2.22 bits per heavy atom. The van der Waals surface area contributed by atoms with Crippen LogP contribution in [-0.2, 0) is 0 Å². The summed E-state index contributed by atoms with van der Waals surface area (Å²) in [6.07, 6.45) is 5.41. The van der Waals surface area contributed by atoms with E-state index in [1.807, 2.05) is 54.6 Å². The highest BCUT2D eigenvalue weighted by Gasteiger charge is 2.39. The molecule has 2 aliphatic carbocycles. The average Bonchev–Trinajstić information content (AvgIpc) is 3.32. The van der Waals surface area contributed by atoms with Gasteiger partial charge in [0.25, 0.3) is 0 Å². The lowest BCUT2D eigenvalue weighted by Gasteiger charge is -2.24. The van der Waals surface area contributed by atoms with Gasteiger partial charge < -0.3 is 10.6 Å². The third-order valence-corrected chi connectivity index (χ3v) is 5.88. The molecule has 0 saturated heterocycles. The molecule has 5 rings (SSSR count). The van der Waals surface area contributed by atoms with Gasteiger partial charge in [0.1, 0.15) is 11.6 Å². The molecule has 0 amide bonds. The highest BCUT2D eigenvalue weighted by Crippen LogP contribution is 2.45. The van der Waals surface area contributed by atoms with Crippen molar-refractivity contribution >= 4 is 17.3 Å². The van der Waals surface area contributed by atoms with Crippen LogP contribution in [0.1, 0.15) is 25.7 Å². The van der Waals surface area contributed by atoms with Gasteiger partial charge in [0, 0.05) is 23.4 Å². The molecule has 2 bridgehead atoms. The van der Waals surface area contributed by atoms with Crippen molar-refractivity contribution in [1.29, 1.82) is 0 Å². The van der Waals surface area contributed by atoms with E-state index in [0.717, 1.165) is 40.5 Å². The van der Waals surface area contributed by atoms with Gasteiger partial charge in [-0.1, -0.05) is 55.0 Å². The lowest BCUT2D eigenvalue weighted by atomic mass is 9.95. The zero-order chi connectivity index (χ0) is 18.1. The van der Waals surface area contributed by atoms with E-state index in [4.69, 9.17) is 9.97 Å². The first-order valence-corrected chi connectivity index (χ1v) is 9.86. The monoisotopic (exact) mass is 356 g/mol. The van der Waals surface area contributed by atoms with Crippen LogP contribution in [0.5, 0.6) is 0 Å². The Kier molecular flexibility index (Phi) is 4.24. The average molecular weight is 356 g/mol. The number of rotatable bonds is 5. The van der Waals surface area contributed by atoms with Crippen molar-refractivity contribution in [2.24, 2.45) is 11.8 Å². The Morgan fingerprint density at radius 1 is 0.778 bits per heavy atom. The van der Waals surface area contributed by atoms with Crippen LogP contribution in [0.25, 0.3) is 11.4 Å². The Labute approximate surface area is 160 Å². The lowest BCUT2D eigenvalue weighted by Crippen LogP contribution is -2.26. The number of hydrogen-bond acceptors (Lipinski definition) is 4. The van der Waals surface area contributed by atoms with Gasteiger partial charge >= 0.3 is 0 Å². The van der Waals surface area contributed by atoms with Crippen molar-refractivity contribution in [3.63, 3.8) is 0 Å². The summed E-state index contributed by atoms with van der Waals surface area (Å²) in [6.45, 7) is 0. The molecule has 2 N–H and O–H groups in total. The second kappa shape index (κ2) is 7.03. The molecule has 2 aliphatic rings. The molecule has 3 aromatic rings. The standard InChI is InChI=1S/C23H24N4/c1-3-7-17(8-4-1)23-26-21(24-19-9-5-2-6-10-19)15-22(27-23)25-20-14-16-11-12-18(20)13-16/h1-10,15-16,18,20H,11-14H2,(H2,24,25,26,27). The van der Waals surface area contributed by atoms with Crippen LogP contribution >= 0.6 is 0 Å². The van der Waals surface area contributed by atoms with Crippen molar-refractivity contribution < 1.29 is 0 Å². The molecule has 2 aromatic carbocycles. The summed E-state index contributed by atoms with van der Waals surface area (Å²) in [6, 6.07) is 22.9. The zero-order valence-corrected chi connectivity index (χ0v) is 15.3. The van der Waals surface area contributed by atoms with E-state index < -0.39 is 0 Å². The molecule has 4 nitrogen and oxygen atoms in total. The molecule has 3 unspecified atom stereocenters. The fraction of sp³-hybridized carbons (Fsp3) is 0.304. The molecule has 2 saturated carbocycles. The van der Waals surface area contributed by atoms with Crippen LogP contribution in [0, 0.1) is 11.8 Å². The van der Waals surface area contributed by atoms with Crippen LogP contribution in [0.3, 0.4) is 0 Å². The van der Waals surface area contributed by atoms with E-state index in [-0.39, 0.29) is 0 Å². The van der Waals surface area contributed by atoms with Gasteiger partial charge in [-0.15, -0.1) is 0 Å². The minimum atomic E-state index is 0.548. The van der Waals surface area contributed by atoms with E-state index in [9.17, 15) is 0 Å². The fourth-order valence-corrected chi connectivity index (χ4v) is 4.58. The molecule has 0 aliphatic heterocycles. The molecule has 2 fully saturated rings. The number of anilines is 3. The molecule has 1 heterocycles. The summed E-state index contributed by atoms with van der Waals surface area (Å²) in [4.78, 5) is 9.59. The van der Waals surface area contributed by atoms with Crippen molar-refractivity contribution in [3.05, 3.63) is 66.7 Å². The van der Waals surface area contributed by atoms with Crippen LogP contribution in [0.4, 0.5) is 17.3 Å². The van der Waals surface area contributed by atoms with Crippen molar-refractivity contribution in [3.8, 4) is 11.4 Å². The summed E-state index contributed by atoms with van der Waals surface area (Å²) in [7, 11) is 0. The van der Waals surface area contributed by atoms with E-state index in [1.165, 1.54) is 25.7 Å². The molecule has 136 valence electrons. The smallest absolute Gasteiger partial charge is 0.163 e. The molecule has 4 heteroatoms. The summed E-state index contributed by atoms with van der Waals surface area (Å²) >= 11 is 0. The fourth-order valence-electron chi connectivity index (χ4n) is 4.58. The van der Waals surface area contributed by atoms with Gasteiger partial charge in [-0.2, -0.15) is 0 Å². The van der Waals surface area contributed by atoms with Crippen LogP contribution in [-0.4, -0.2) is 16.0 Å². The number of nitrogens with one attached hydrogen (secondary N) is 2. The minimum absolute atomic E-state index is 0.548. The molecule has 0 spiro atoms. The maximum atomic E-state index is 4.83. The van der Waals surface area contributed by atoms with E-state index in [0.29, 0.717) is 6.04 Å². The normalized spacial score (nSPS) is 23.3. The predicted molar refractivity (Wildman–Crippen MR) is 110 cm³/mol. The number of fused-ring (bicyclic) bond motifs is 2. The Hall–Kier alpha value is -2.88. The molecular formula is C23H24N4. The number of hydrogen-bond donors (Lipinski definition) is 2. The Balaban J connectivity index is 1.46. The Morgan fingerprint density at radius 2 is 1.52 bits per heavy atom. The molecular weight excluding hydrogens is 332 g/mol. The maximum absolute atomic E-state index is 4.83. The third kappa shape index (κ3) is 3.52. The summed E-state index contributed by atoms with van der Waals surface area (Å²) in [5.41, 5.74) is 2.06. The van der Waals surface area contributed by atoms with E-state index >= 15 is 0 Å². The van der Waals surface area contributed by atoms with E-state index in [1.54, 1.807) is 0 Å². The molecule has 0 radical (unpaired) electrons. The second-order valence-corrected chi connectivity index (χ2v) is 7.74. The minimum Gasteiger partial charge on any atom is -0.367 e. The molecule has 3 atom stereocenters. The van der Waals surface area contributed by atoms with Crippen LogP contribution < -0.4 is 10.6 Å².